The maximum absolute atomic E-state index is 5.83. The van der Waals surface area contributed by atoms with E-state index in [1.165, 1.54) is 0 Å². The molecule has 86 valence electrons. The summed E-state index contributed by atoms with van der Waals surface area (Å²) in [5.74, 6) is 2.66. The maximum atomic E-state index is 5.83. The second kappa shape index (κ2) is 5.93. The topological polar surface area (TPSA) is 29.3 Å². The predicted molar refractivity (Wildman–Crippen MR) is 73.5 cm³/mol. The number of benzene rings is 1. The van der Waals surface area contributed by atoms with Crippen molar-refractivity contribution < 1.29 is 0 Å². The maximum Gasteiger partial charge on any atom is 0.0791 e. The van der Waals surface area contributed by atoms with E-state index in [1.807, 2.05) is 13.0 Å². The molecule has 0 radical (unpaired) electrons. The van der Waals surface area contributed by atoms with Crippen molar-refractivity contribution in [3.8, 4) is 12.3 Å². The fourth-order valence-electron chi connectivity index (χ4n) is 1.54. The van der Waals surface area contributed by atoms with Gasteiger partial charge < -0.3 is 10.6 Å². The third kappa shape index (κ3) is 3.01. The lowest BCUT2D eigenvalue weighted by atomic mass is 10.1. The van der Waals surface area contributed by atoms with Crippen molar-refractivity contribution in [2.75, 3.05) is 18.0 Å². The highest BCUT2D eigenvalue weighted by atomic mass is 79.9. The van der Waals surface area contributed by atoms with Crippen molar-refractivity contribution >= 4 is 21.6 Å². The van der Waals surface area contributed by atoms with Gasteiger partial charge in [0.2, 0.25) is 0 Å². The van der Waals surface area contributed by atoms with Crippen LogP contribution >= 0.6 is 15.9 Å². The molecule has 0 unspecified atom stereocenters. The summed E-state index contributed by atoms with van der Waals surface area (Å²) in [5, 5.41) is 0. The molecular formula is C13H17BrN2. The van der Waals surface area contributed by atoms with Gasteiger partial charge in [-0.05, 0) is 47.5 Å². The van der Waals surface area contributed by atoms with Crippen LogP contribution in [0.5, 0.6) is 0 Å². The number of nitrogens with zero attached hydrogens (tertiary/aromatic N) is 1. The molecule has 0 aliphatic heterocycles. The molecule has 1 rings (SSSR count). The Kier molecular flexibility index (Phi) is 4.85. The number of hydrogen-bond acceptors (Lipinski definition) is 2. The van der Waals surface area contributed by atoms with Gasteiger partial charge in [-0.25, -0.2) is 0 Å². The molecule has 2 N–H and O–H groups in total. The Morgan fingerprint density at radius 2 is 2.25 bits per heavy atom. The van der Waals surface area contributed by atoms with E-state index >= 15 is 0 Å². The molecule has 0 fully saturated rings. The molecule has 0 heterocycles. The van der Waals surface area contributed by atoms with E-state index in [1.54, 1.807) is 0 Å². The molecule has 0 amide bonds. The number of rotatable bonds is 4. The first kappa shape index (κ1) is 13.1. The van der Waals surface area contributed by atoms with Crippen molar-refractivity contribution in [2.24, 2.45) is 5.73 Å². The predicted octanol–water partition coefficient (Wildman–Crippen LogP) is 2.93. The van der Waals surface area contributed by atoms with Crippen LogP contribution in [0.4, 0.5) is 5.69 Å². The molecule has 1 atom stereocenters. The normalized spacial score (nSPS) is 11.9. The first-order valence-corrected chi connectivity index (χ1v) is 6.12. The Labute approximate surface area is 106 Å². The molecule has 3 heteroatoms. The van der Waals surface area contributed by atoms with Crippen LogP contribution < -0.4 is 10.6 Å². The summed E-state index contributed by atoms with van der Waals surface area (Å²) in [6, 6.07) is 6.21. The van der Waals surface area contributed by atoms with Crippen LogP contribution in [0, 0.1) is 12.3 Å². The Morgan fingerprint density at radius 1 is 1.56 bits per heavy atom. The van der Waals surface area contributed by atoms with E-state index in [0.717, 1.165) is 22.3 Å². The van der Waals surface area contributed by atoms with Crippen LogP contribution in [0.3, 0.4) is 0 Å². The van der Waals surface area contributed by atoms with Gasteiger partial charge in [-0.2, -0.15) is 0 Å². The monoisotopic (exact) mass is 280 g/mol. The summed E-state index contributed by atoms with van der Waals surface area (Å²) in [6.45, 7) is 5.57. The van der Waals surface area contributed by atoms with Gasteiger partial charge in [0.1, 0.15) is 0 Å². The Hall–Kier alpha value is -0.980. The second-order valence-electron chi connectivity index (χ2n) is 3.72. The smallest absolute Gasteiger partial charge is 0.0791 e. The third-order valence-corrected chi connectivity index (χ3v) is 3.14. The average molecular weight is 281 g/mol. The first-order chi connectivity index (χ1) is 7.60. The second-order valence-corrected chi connectivity index (χ2v) is 4.57. The molecule has 16 heavy (non-hydrogen) atoms. The van der Waals surface area contributed by atoms with E-state index < -0.39 is 0 Å². The van der Waals surface area contributed by atoms with Crippen molar-refractivity contribution in [1.82, 2.24) is 0 Å². The molecule has 0 saturated heterocycles. The highest BCUT2D eigenvalue weighted by Gasteiger charge is 2.09. The van der Waals surface area contributed by atoms with E-state index in [4.69, 9.17) is 12.2 Å². The number of terminal acetylenes is 1. The van der Waals surface area contributed by atoms with Gasteiger partial charge in [0, 0.05) is 17.1 Å². The van der Waals surface area contributed by atoms with Gasteiger partial charge >= 0.3 is 0 Å². The molecule has 1 aromatic carbocycles. The standard InChI is InChI=1S/C13H17BrN2/c1-4-8-16(5-2)13-7-6-11(10(3)15)9-12(13)14/h1,6-7,9-10H,5,8,15H2,2-3H3/t10-/m0/s1. The van der Waals surface area contributed by atoms with Gasteiger partial charge in [0.05, 0.1) is 12.2 Å². The van der Waals surface area contributed by atoms with Crippen molar-refractivity contribution in [3.05, 3.63) is 28.2 Å². The highest BCUT2D eigenvalue weighted by molar-refractivity contribution is 9.10. The van der Waals surface area contributed by atoms with Crippen LogP contribution in [0.1, 0.15) is 25.5 Å². The fourth-order valence-corrected chi connectivity index (χ4v) is 2.19. The van der Waals surface area contributed by atoms with Crippen LogP contribution in [0.2, 0.25) is 0 Å². The SMILES string of the molecule is C#CCN(CC)c1ccc([C@H](C)N)cc1Br. The van der Waals surface area contributed by atoms with E-state index in [-0.39, 0.29) is 6.04 Å². The lowest BCUT2D eigenvalue weighted by molar-refractivity contribution is 0.815. The van der Waals surface area contributed by atoms with Gasteiger partial charge in [-0.3, -0.25) is 0 Å². The van der Waals surface area contributed by atoms with Crippen molar-refractivity contribution in [3.63, 3.8) is 0 Å². The van der Waals surface area contributed by atoms with E-state index in [9.17, 15) is 0 Å². The minimum Gasteiger partial charge on any atom is -0.360 e. The summed E-state index contributed by atoms with van der Waals surface area (Å²) >= 11 is 3.56. The van der Waals surface area contributed by atoms with Crippen LogP contribution in [0.15, 0.2) is 22.7 Å². The molecule has 0 aromatic heterocycles. The van der Waals surface area contributed by atoms with Gasteiger partial charge in [0.15, 0.2) is 0 Å². The zero-order valence-corrected chi connectivity index (χ0v) is 11.3. The molecule has 0 spiro atoms. The van der Waals surface area contributed by atoms with Gasteiger partial charge in [0.25, 0.3) is 0 Å². The summed E-state index contributed by atoms with van der Waals surface area (Å²) in [6.07, 6.45) is 5.34. The minimum atomic E-state index is 0.0491. The summed E-state index contributed by atoms with van der Waals surface area (Å²) in [7, 11) is 0. The zero-order valence-electron chi connectivity index (χ0n) is 9.70. The van der Waals surface area contributed by atoms with Crippen LogP contribution in [-0.2, 0) is 0 Å². The average Bonchev–Trinajstić information content (AvgIpc) is 2.26. The molecule has 1 aromatic rings. The number of nitrogens with two attached hydrogens (primary N) is 1. The van der Waals surface area contributed by atoms with Crippen molar-refractivity contribution in [1.29, 1.82) is 0 Å². The molecule has 0 aliphatic rings. The first-order valence-electron chi connectivity index (χ1n) is 5.33. The van der Waals surface area contributed by atoms with E-state index in [0.29, 0.717) is 6.54 Å². The molecule has 0 bridgehead atoms. The van der Waals surface area contributed by atoms with Crippen LogP contribution in [0.25, 0.3) is 0 Å². The lowest BCUT2D eigenvalue weighted by Crippen LogP contribution is -2.23. The molecule has 2 nitrogen and oxygen atoms in total. The largest absolute Gasteiger partial charge is 0.360 e. The van der Waals surface area contributed by atoms with Gasteiger partial charge in [-0.1, -0.05) is 12.0 Å². The fraction of sp³-hybridized carbons (Fsp3) is 0.385. The summed E-state index contributed by atoms with van der Waals surface area (Å²) < 4.78 is 1.04. The summed E-state index contributed by atoms with van der Waals surface area (Å²) in [4.78, 5) is 2.13. The quantitative estimate of drug-likeness (QED) is 0.860. The van der Waals surface area contributed by atoms with Crippen LogP contribution in [-0.4, -0.2) is 13.1 Å². The summed E-state index contributed by atoms with van der Waals surface area (Å²) in [5.41, 5.74) is 8.07. The number of halogens is 1. The minimum absolute atomic E-state index is 0.0491. The lowest BCUT2D eigenvalue weighted by Gasteiger charge is -2.22. The molecular weight excluding hydrogens is 264 g/mol. The molecule has 0 saturated carbocycles. The van der Waals surface area contributed by atoms with Gasteiger partial charge in [-0.15, -0.1) is 6.42 Å². The number of anilines is 1. The molecule has 0 aliphatic carbocycles. The number of hydrogen-bond donors (Lipinski definition) is 1. The Bertz CT molecular complexity index is 393. The Balaban J connectivity index is 3.02. The zero-order chi connectivity index (χ0) is 12.1. The highest BCUT2D eigenvalue weighted by Crippen LogP contribution is 2.28. The Morgan fingerprint density at radius 3 is 2.69 bits per heavy atom. The van der Waals surface area contributed by atoms with E-state index in [2.05, 4.69) is 45.8 Å². The third-order valence-electron chi connectivity index (χ3n) is 2.50. The van der Waals surface area contributed by atoms with Crippen molar-refractivity contribution in [2.45, 2.75) is 19.9 Å².